The first-order valence-corrected chi connectivity index (χ1v) is 6.15. The molecule has 1 fully saturated rings. The summed E-state index contributed by atoms with van der Waals surface area (Å²) in [5.41, 5.74) is -0.757. The Morgan fingerprint density at radius 2 is 1.95 bits per heavy atom. The van der Waals surface area contributed by atoms with Crippen LogP contribution in [0.2, 0.25) is 0 Å². The van der Waals surface area contributed by atoms with Gasteiger partial charge in [0, 0.05) is 7.05 Å². The number of aromatic nitrogens is 2. The summed E-state index contributed by atoms with van der Waals surface area (Å²) in [6.07, 6.45) is 2.90. The molecular weight excluding hydrogens is 248 g/mol. The average Bonchev–Trinajstić information content (AvgIpc) is 2.88. The molecule has 0 unspecified atom stereocenters. The Hall–Kier alpha value is -2.18. The van der Waals surface area contributed by atoms with E-state index < -0.39 is 11.5 Å². The molecule has 3 N–H and O–H groups in total. The first kappa shape index (κ1) is 13.3. The summed E-state index contributed by atoms with van der Waals surface area (Å²) in [6.45, 7) is 0. The molecule has 1 saturated carbocycles. The van der Waals surface area contributed by atoms with E-state index in [1.165, 1.54) is 13.1 Å². The molecule has 1 aliphatic rings. The number of hydrogen-bond donors (Lipinski definition) is 3. The van der Waals surface area contributed by atoms with Gasteiger partial charge in [-0.1, -0.05) is 12.8 Å². The standard InChI is InChI=1S/C12H16N4O3/c1-13-10(17)8-4-5-9(16-15-8)14-12(11(18)19)6-2-3-7-12/h4-5H,2-3,6-7H2,1H3,(H,13,17)(H,14,16)(H,18,19). The predicted octanol–water partition coefficient (Wildman–Crippen LogP) is 0.645. The van der Waals surface area contributed by atoms with Crippen LogP contribution in [0.3, 0.4) is 0 Å². The molecule has 2 rings (SSSR count). The Morgan fingerprint density at radius 1 is 1.26 bits per heavy atom. The number of nitrogens with zero attached hydrogens (tertiary/aromatic N) is 2. The van der Waals surface area contributed by atoms with Crippen LogP contribution in [0.5, 0.6) is 0 Å². The minimum atomic E-state index is -0.955. The summed E-state index contributed by atoms with van der Waals surface area (Å²) in [5.74, 6) is -0.827. The van der Waals surface area contributed by atoms with Crippen LogP contribution in [0.1, 0.15) is 36.2 Å². The zero-order valence-corrected chi connectivity index (χ0v) is 10.6. The number of amides is 1. The lowest BCUT2D eigenvalue weighted by molar-refractivity contribution is -0.142. The second-order valence-corrected chi connectivity index (χ2v) is 4.60. The topological polar surface area (TPSA) is 104 Å². The highest BCUT2D eigenvalue weighted by molar-refractivity contribution is 5.92. The van der Waals surface area contributed by atoms with Crippen LogP contribution in [-0.4, -0.2) is 39.8 Å². The van der Waals surface area contributed by atoms with Gasteiger partial charge in [-0.3, -0.25) is 4.79 Å². The van der Waals surface area contributed by atoms with Gasteiger partial charge in [0.1, 0.15) is 11.4 Å². The Kier molecular flexibility index (Phi) is 3.64. The molecule has 1 aromatic rings. The summed E-state index contributed by atoms with van der Waals surface area (Å²) < 4.78 is 0. The molecule has 1 heterocycles. The van der Waals surface area contributed by atoms with Gasteiger partial charge in [0.15, 0.2) is 5.69 Å². The van der Waals surface area contributed by atoms with Crippen molar-refractivity contribution in [3.8, 4) is 0 Å². The second kappa shape index (κ2) is 5.21. The molecule has 19 heavy (non-hydrogen) atoms. The molecule has 0 radical (unpaired) electrons. The van der Waals surface area contributed by atoms with Gasteiger partial charge in [-0.25, -0.2) is 4.79 Å². The van der Waals surface area contributed by atoms with Crippen molar-refractivity contribution in [1.82, 2.24) is 15.5 Å². The molecule has 0 aromatic carbocycles. The van der Waals surface area contributed by atoms with E-state index >= 15 is 0 Å². The monoisotopic (exact) mass is 264 g/mol. The van der Waals surface area contributed by atoms with Gasteiger partial charge in [-0.15, -0.1) is 10.2 Å². The maximum atomic E-state index is 11.4. The van der Waals surface area contributed by atoms with Crippen LogP contribution in [-0.2, 0) is 4.79 Å². The van der Waals surface area contributed by atoms with Gasteiger partial charge in [0.2, 0.25) is 0 Å². The largest absolute Gasteiger partial charge is 0.480 e. The van der Waals surface area contributed by atoms with Crippen LogP contribution >= 0.6 is 0 Å². The fourth-order valence-corrected chi connectivity index (χ4v) is 2.26. The summed E-state index contributed by atoms with van der Waals surface area (Å²) in [4.78, 5) is 22.7. The maximum Gasteiger partial charge on any atom is 0.329 e. The smallest absolute Gasteiger partial charge is 0.329 e. The van der Waals surface area contributed by atoms with Crippen molar-refractivity contribution in [2.75, 3.05) is 12.4 Å². The van der Waals surface area contributed by atoms with Gasteiger partial charge >= 0.3 is 5.97 Å². The average molecular weight is 264 g/mol. The number of carbonyl (C=O) groups is 2. The molecule has 0 bridgehead atoms. The Balaban J connectivity index is 2.14. The quantitative estimate of drug-likeness (QED) is 0.737. The molecule has 1 aromatic heterocycles. The Morgan fingerprint density at radius 3 is 2.42 bits per heavy atom. The van der Waals surface area contributed by atoms with Crippen LogP contribution < -0.4 is 10.6 Å². The number of rotatable bonds is 4. The van der Waals surface area contributed by atoms with Crippen LogP contribution in [0.15, 0.2) is 12.1 Å². The SMILES string of the molecule is CNC(=O)c1ccc(NC2(C(=O)O)CCCC2)nn1. The maximum absolute atomic E-state index is 11.4. The summed E-state index contributed by atoms with van der Waals surface area (Å²) in [6, 6.07) is 3.08. The lowest BCUT2D eigenvalue weighted by Gasteiger charge is -2.25. The van der Waals surface area contributed by atoms with E-state index in [-0.39, 0.29) is 11.6 Å². The van der Waals surface area contributed by atoms with Gasteiger partial charge in [-0.05, 0) is 25.0 Å². The minimum absolute atomic E-state index is 0.198. The van der Waals surface area contributed by atoms with Crippen molar-refractivity contribution in [2.24, 2.45) is 0 Å². The molecule has 0 atom stereocenters. The molecule has 0 aliphatic heterocycles. The van der Waals surface area contributed by atoms with Crippen LogP contribution in [0, 0.1) is 0 Å². The number of carboxylic acids is 1. The lowest BCUT2D eigenvalue weighted by atomic mass is 9.98. The molecule has 102 valence electrons. The van der Waals surface area contributed by atoms with E-state index in [2.05, 4.69) is 20.8 Å². The normalized spacial score (nSPS) is 16.9. The lowest BCUT2D eigenvalue weighted by Crippen LogP contribution is -2.44. The zero-order chi connectivity index (χ0) is 13.9. The predicted molar refractivity (Wildman–Crippen MR) is 67.9 cm³/mol. The Bertz CT molecular complexity index is 480. The van der Waals surface area contributed by atoms with Crippen molar-refractivity contribution in [1.29, 1.82) is 0 Å². The molecular formula is C12H16N4O3. The van der Waals surface area contributed by atoms with Crippen molar-refractivity contribution < 1.29 is 14.7 Å². The summed E-state index contributed by atoms with van der Waals surface area (Å²) >= 11 is 0. The molecule has 1 amide bonds. The fourth-order valence-electron chi connectivity index (χ4n) is 2.26. The number of aliphatic carboxylic acids is 1. The van der Waals surface area contributed by atoms with Gasteiger partial charge < -0.3 is 15.7 Å². The molecule has 7 nitrogen and oxygen atoms in total. The third-order valence-electron chi connectivity index (χ3n) is 3.36. The van der Waals surface area contributed by atoms with Crippen molar-refractivity contribution >= 4 is 17.7 Å². The summed E-state index contributed by atoms with van der Waals surface area (Å²) in [5, 5.41) is 22.3. The van der Waals surface area contributed by atoms with Crippen LogP contribution in [0.25, 0.3) is 0 Å². The van der Waals surface area contributed by atoms with Gasteiger partial charge in [0.05, 0.1) is 0 Å². The van der Waals surface area contributed by atoms with Crippen molar-refractivity contribution in [3.63, 3.8) is 0 Å². The third-order valence-corrected chi connectivity index (χ3v) is 3.36. The fraction of sp³-hybridized carbons (Fsp3) is 0.500. The van der Waals surface area contributed by atoms with E-state index in [1.54, 1.807) is 6.07 Å². The number of nitrogens with one attached hydrogen (secondary N) is 2. The van der Waals surface area contributed by atoms with Crippen LogP contribution in [0.4, 0.5) is 5.82 Å². The van der Waals surface area contributed by atoms with Crippen molar-refractivity contribution in [2.45, 2.75) is 31.2 Å². The van der Waals surface area contributed by atoms with E-state index in [0.717, 1.165) is 12.8 Å². The summed E-state index contributed by atoms with van der Waals surface area (Å²) in [7, 11) is 1.51. The highest BCUT2D eigenvalue weighted by atomic mass is 16.4. The molecule has 0 spiro atoms. The zero-order valence-electron chi connectivity index (χ0n) is 10.6. The van der Waals surface area contributed by atoms with Crippen molar-refractivity contribution in [3.05, 3.63) is 17.8 Å². The highest BCUT2D eigenvalue weighted by Crippen LogP contribution is 2.32. The number of anilines is 1. The first-order valence-electron chi connectivity index (χ1n) is 6.15. The molecule has 7 heteroatoms. The van der Waals surface area contributed by atoms with Gasteiger partial charge in [0.25, 0.3) is 5.91 Å². The van der Waals surface area contributed by atoms with E-state index in [1.807, 2.05) is 0 Å². The minimum Gasteiger partial charge on any atom is -0.480 e. The van der Waals surface area contributed by atoms with E-state index in [0.29, 0.717) is 18.7 Å². The first-order chi connectivity index (χ1) is 9.07. The highest BCUT2D eigenvalue weighted by Gasteiger charge is 2.41. The number of carboxylic acid groups (broad SMARTS) is 1. The van der Waals surface area contributed by atoms with E-state index in [4.69, 9.17) is 0 Å². The Labute approximate surface area is 110 Å². The number of carbonyl (C=O) groups excluding carboxylic acids is 1. The third kappa shape index (κ3) is 2.64. The molecule has 0 saturated heterocycles. The van der Waals surface area contributed by atoms with E-state index in [9.17, 15) is 14.7 Å². The van der Waals surface area contributed by atoms with Gasteiger partial charge in [-0.2, -0.15) is 0 Å². The number of hydrogen-bond acceptors (Lipinski definition) is 5. The molecule has 1 aliphatic carbocycles. The second-order valence-electron chi connectivity index (χ2n) is 4.60.